The van der Waals surface area contributed by atoms with Crippen LogP contribution in [0.15, 0.2) is 66.9 Å². The molecule has 132 valence electrons. The predicted octanol–water partition coefficient (Wildman–Crippen LogP) is 5.34. The number of carbonyl (C=O) groups is 1. The monoisotopic (exact) mass is 349 g/mol. The second-order valence-corrected chi connectivity index (χ2v) is 6.26. The Labute approximate surface area is 152 Å². The zero-order valence-corrected chi connectivity index (χ0v) is 14.7. The van der Waals surface area contributed by atoms with Crippen molar-refractivity contribution in [2.24, 2.45) is 0 Å². The fourth-order valence-corrected chi connectivity index (χ4v) is 2.51. The summed E-state index contributed by atoms with van der Waals surface area (Å²) < 4.78 is 13.0. The normalized spacial score (nSPS) is 10.6. The highest BCUT2D eigenvalue weighted by atomic mass is 19.1. The van der Waals surface area contributed by atoms with Gasteiger partial charge in [-0.05, 0) is 60.0 Å². The summed E-state index contributed by atoms with van der Waals surface area (Å²) in [6, 6.07) is 17.0. The molecule has 3 rings (SSSR count). The minimum absolute atomic E-state index is 0.314. The molecule has 5 heteroatoms. The van der Waals surface area contributed by atoms with Crippen molar-refractivity contribution in [1.82, 2.24) is 4.98 Å². The maximum absolute atomic E-state index is 13.0. The van der Waals surface area contributed by atoms with Gasteiger partial charge in [0.25, 0.3) is 5.91 Å². The van der Waals surface area contributed by atoms with Crippen LogP contribution < -0.4 is 10.6 Å². The van der Waals surface area contributed by atoms with Gasteiger partial charge >= 0.3 is 0 Å². The Balaban J connectivity index is 1.79. The fourth-order valence-electron chi connectivity index (χ4n) is 2.51. The number of anilines is 3. The molecular weight excluding hydrogens is 329 g/mol. The van der Waals surface area contributed by atoms with Gasteiger partial charge in [0.05, 0.1) is 5.56 Å². The fraction of sp³-hybridized carbons (Fsp3) is 0.143. The summed E-state index contributed by atoms with van der Waals surface area (Å²) in [6.07, 6.45) is 1.62. The molecule has 0 bridgehead atoms. The van der Waals surface area contributed by atoms with Crippen LogP contribution in [0.3, 0.4) is 0 Å². The van der Waals surface area contributed by atoms with Crippen molar-refractivity contribution >= 4 is 23.1 Å². The number of rotatable bonds is 5. The molecule has 0 spiro atoms. The molecule has 0 fully saturated rings. The van der Waals surface area contributed by atoms with Crippen molar-refractivity contribution in [3.05, 3.63) is 83.8 Å². The summed E-state index contributed by atoms with van der Waals surface area (Å²) in [4.78, 5) is 16.8. The first-order valence-corrected chi connectivity index (χ1v) is 8.42. The van der Waals surface area contributed by atoms with E-state index in [1.54, 1.807) is 18.3 Å². The lowest BCUT2D eigenvalue weighted by atomic mass is 10.0. The summed E-state index contributed by atoms with van der Waals surface area (Å²) >= 11 is 0. The Morgan fingerprint density at radius 1 is 0.962 bits per heavy atom. The average molecular weight is 349 g/mol. The summed E-state index contributed by atoms with van der Waals surface area (Å²) in [6.45, 7) is 4.28. The van der Waals surface area contributed by atoms with Gasteiger partial charge in [-0.3, -0.25) is 4.79 Å². The molecule has 3 aromatic rings. The maximum Gasteiger partial charge on any atom is 0.259 e. The third-order valence-corrected chi connectivity index (χ3v) is 3.99. The van der Waals surface area contributed by atoms with Crippen LogP contribution in [0.25, 0.3) is 0 Å². The number of nitrogens with zero attached hydrogens (tertiary/aromatic N) is 1. The van der Waals surface area contributed by atoms with Gasteiger partial charge in [0, 0.05) is 17.6 Å². The van der Waals surface area contributed by atoms with Gasteiger partial charge in [-0.25, -0.2) is 9.37 Å². The van der Waals surface area contributed by atoms with Crippen LogP contribution in [0.2, 0.25) is 0 Å². The van der Waals surface area contributed by atoms with E-state index in [2.05, 4.69) is 29.5 Å². The molecule has 26 heavy (non-hydrogen) atoms. The molecule has 0 unspecified atom stereocenters. The van der Waals surface area contributed by atoms with Crippen molar-refractivity contribution in [2.45, 2.75) is 19.8 Å². The topological polar surface area (TPSA) is 54.0 Å². The van der Waals surface area contributed by atoms with E-state index in [4.69, 9.17) is 0 Å². The van der Waals surface area contributed by atoms with Crippen molar-refractivity contribution in [3.8, 4) is 0 Å². The molecule has 1 heterocycles. The van der Waals surface area contributed by atoms with E-state index >= 15 is 0 Å². The van der Waals surface area contributed by atoms with Gasteiger partial charge in [0.1, 0.15) is 11.6 Å². The molecule has 0 radical (unpaired) electrons. The van der Waals surface area contributed by atoms with E-state index in [1.165, 1.54) is 29.8 Å². The SMILES string of the molecule is CC(C)c1ccc(Nc2ncccc2C(=O)Nc2ccc(F)cc2)cc1. The molecule has 0 aliphatic carbocycles. The van der Waals surface area contributed by atoms with Crippen molar-refractivity contribution in [1.29, 1.82) is 0 Å². The van der Waals surface area contributed by atoms with Crippen LogP contribution in [-0.4, -0.2) is 10.9 Å². The number of pyridine rings is 1. The predicted molar refractivity (Wildman–Crippen MR) is 102 cm³/mol. The second kappa shape index (κ2) is 7.78. The molecule has 0 aliphatic heterocycles. The molecular formula is C21H20FN3O. The Bertz CT molecular complexity index is 890. The van der Waals surface area contributed by atoms with Crippen LogP contribution in [-0.2, 0) is 0 Å². The highest BCUT2D eigenvalue weighted by Gasteiger charge is 2.13. The van der Waals surface area contributed by atoms with Gasteiger partial charge in [-0.15, -0.1) is 0 Å². The first-order valence-electron chi connectivity index (χ1n) is 8.42. The summed E-state index contributed by atoms with van der Waals surface area (Å²) in [5.74, 6) is 0.253. The van der Waals surface area contributed by atoms with Crippen LogP contribution in [0.1, 0.15) is 35.7 Å². The smallest absolute Gasteiger partial charge is 0.259 e. The maximum atomic E-state index is 13.0. The molecule has 0 saturated carbocycles. The molecule has 2 aromatic carbocycles. The number of amides is 1. The van der Waals surface area contributed by atoms with Crippen molar-refractivity contribution < 1.29 is 9.18 Å². The highest BCUT2D eigenvalue weighted by Crippen LogP contribution is 2.22. The third kappa shape index (κ3) is 4.25. The zero-order valence-electron chi connectivity index (χ0n) is 14.7. The van der Waals surface area contributed by atoms with E-state index < -0.39 is 0 Å². The molecule has 1 amide bonds. The minimum atomic E-state index is -0.350. The molecule has 0 saturated heterocycles. The van der Waals surface area contributed by atoms with Crippen LogP contribution >= 0.6 is 0 Å². The molecule has 2 N–H and O–H groups in total. The Morgan fingerprint density at radius 3 is 2.27 bits per heavy atom. The highest BCUT2D eigenvalue weighted by molar-refractivity contribution is 6.07. The molecule has 1 aromatic heterocycles. The standard InChI is InChI=1S/C21H20FN3O/c1-14(2)15-5-9-17(10-6-15)24-20-19(4-3-13-23-20)21(26)25-18-11-7-16(22)8-12-18/h3-14H,1-2H3,(H,23,24)(H,25,26). The van der Waals surface area contributed by atoms with E-state index in [0.29, 0.717) is 23.0 Å². The van der Waals surface area contributed by atoms with Gasteiger partial charge in [0.15, 0.2) is 0 Å². The minimum Gasteiger partial charge on any atom is -0.340 e. The zero-order chi connectivity index (χ0) is 18.5. The molecule has 0 atom stereocenters. The Kier molecular flexibility index (Phi) is 5.27. The Hall–Kier alpha value is -3.21. The summed E-state index contributed by atoms with van der Waals surface area (Å²) in [7, 11) is 0. The van der Waals surface area contributed by atoms with E-state index in [-0.39, 0.29) is 11.7 Å². The van der Waals surface area contributed by atoms with Crippen molar-refractivity contribution in [2.75, 3.05) is 10.6 Å². The summed E-state index contributed by atoms with van der Waals surface area (Å²) in [5, 5.41) is 5.93. The van der Waals surface area contributed by atoms with Gasteiger partial charge in [-0.2, -0.15) is 0 Å². The van der Waals surface area contributed by atoms with E-state index in [9.17, 15) is 9.18 Å². The lowest BCUT2D eigenvalue weighted by molar-refractivity contribution is 0.102. The Morgan fingerprint density at radius 2 is 1.62 bits per heavy atom. The second-order valence-electron chi connectivity index (χ2n) is 6.26. The number of hydrogen-bond acceptors (Lipinski definition) is 3. The largest absolute Gasteiger partial charge is 0.340 e. The van der Waals surface area contributed by atoms with Crippen LogP contribution in [0, 0.1) is 5.82 Å². The first-order chi connectivity index (χ1) is 12.5. The van der Waals surface area contributed by atoms with E-state index in [1.807, 2.05) is 24.3 Å². The molecule has 4 nitrogen and oxygen atoms in total. The average Bonchev–Trinajstić information content (AvgIpc) is 2.64. The van der Waals surface area contributed by atoms with Gasteiger partial charge < -0.3 is 10.6 Å². The molecule has 0 aliphatic rings. The number of halogens is 1. The third-order valence-electron chi connectivity index (χ3n) is 3.99. The number of hydrogen-bond donors (Lipinski definition) is 2. The van der Waals surface area contributed by atoms with Gasteiger partial charge in [0.2, 0.25) is 0 Å². The first kappa shape index (κ1) is 17.6. The number of carbonyl (C=O) groups excluding carboxylic acids is 1. The number of nitrogens with one attached hydrogen (secondary N) is 2. The van der Waals surface area contributed by atoms with E-state index in [0.717, 1.165) is 5.69 Å². The summed E-state index contributed by atoms with van der Waals surface area (Å²) in [5.41, 5.74) is 3.02. The lowest BCUT2D eigenvalue weighted by Crippen LogP contribution is -2.14. The quantitative estimate of drug-likeness (QED) is 0.654. The number of benzene rings is 2. The number of aromatic nitrogens is 1. The van der Waals surface area contributed by atoms with Crippen LogP contribution in [0.4, 0.5) is 21.6 Å². The van der Waals surface area contributed by atoms with Crippen LogP contribution in [0.5, 0.6) is 0 Å². The lowest BCUT2D eigenvalue weighted by Gasteiger charge is -2.12. The van der Waals surface area contributed by atoms with Gasteiger partial charge in [-0.1, -0.05) is 26.0 Å². The van der Waals surface area contributed by atoms with Crippen molar-refractivity contribution in [3.63, 3.8) is 0 Å².